The van der Waals surface area contributed by atoms with Gasteiger partial charge in [-0.15, -0.1) is 22.7 Å². The largest absolute Gasteiger partial charge is 0.246 e. The summed E-state index contributed by atoms with van der Waals surface area (Å²) in [4.78, 5) is 7.05. The average molecular weight is 195 g/mol. The van der Waals surface area contributed by atoms with E-state index in [1.165, 1.54) is 9.75 Å². The Morgan fingerprint density at radius 1 is 1.33 bits per heavy atom. The van der Waals surface area contributed by atoms with Crippen LogP contribution in [-0.4, -0.2) is 4.98 Å². The summed E-state index contributed by atoms with van der Waals surface area (Å²) in [6, 6.07) is 4.22. The van der Waals surface area contributed by atoms with Crippen molar-refractivity contribution < 1.29 is 0 Å². The van der Waals surface area contributed by atoms with Gasteiger partial charge in [-0.25, -0.2) is 4.98 Å². The summed E-state index contributed by atoms with van der Waals surface area (Å²) in [5.41, 5.74) is 1.15. The molecule has 0 aliphatic heterocycles. The maximum Gasteiger partial charge on any atom is 0.0904 e. The van der Waals surface area contributed by atoms with E-state index < -0.39 is 0 Å². The van der Waals surface area contributed by atoms with E-state index in [4.69, 9.17) is 0 Å². The fourth-order valence-corrected chi connectivity index (χ4v) is 2.99. The van der Waals surface area contributed by atoms with Gasteiger partial charge in [-0.2, -0.15) is 0 Å². The average Bonchev–Trinajstić information content (AvgIpc) is 2.58. The van der Waals surface area contributed by atoms with Crippen LogP contribution in [0.1, 0.15) is 10.7 Å². The molecule has 0 unspecified atom stereocenters. The predicted molar refractivity (Wildman–Crippen MR) is 54.9 cm³/mol. The molecule has 0 atom stereocenters. The van der Waals surface area contributed by atoms with Gasteiger partial charge >= 0.3 is 0 Å². The highest BCUT2D eigenvalue weighted by Crippen LogP contribution is 2.32. The Morgan fingerprint density at radius 3 is 2.67 bits per heavy atom. The third-order valence-corrected chi connectivity index (χ3v) is 3.77. The minimum absolute atomic E-state index is 1.15. The maximum atomic E-state index is 4.39. The number of aryl methyl sites for hydroxylation is 2. The lowest BCUT2D eigenvalue weighted by atomic mass is 10.3. The molecule has 0 saturated carbocycles. The molecular formula is C9H9NS2. The van der Waals surface area contributed by atoms with Crippen LogP contribution in [0.4, 0.5) is 0 Å². The highest BCUT2D eigenvalue weighted by molar-refractivity contribution is 7.21. The highest BCUT2D eigenvalue weighted by atomic mass is 32.1. The van der Waals surface area contributed by atoms with E-state index in [9.17, 15) is 0 Å². The normalized spacial score (nSPS) is 10.5. The molecule has 0 aromatic carbocycles. The van der Waals surface area contributed by atoms with Crippen LogP contribution in [0.25, 0.3) is 9.75 Å². The van der Waals surface area contributed by atoms with E-state index >= 15 is 0 Å². The van der Waals surface area contributed by atoms with Crippen LogP contribution in [0.3, 0.4) is 0 Å². The molecule has 0 saturated heterocycles. The van der Waals surface area contributed by atoms with E-state index in [1.807, 2.05) is 0 Å². The second kappa shape index (κ2) is 2.99. The summed E-state index contributed by atoms with van der Waals surface area (Å²) in [7, 11) is 0. The molecular weight excluding hydrogens is 186 g/mol. The van der Waals surface area contributed by atoms with Crippen LogP contribution in [0.15, 0.2) is 17.5 Å². The van der Waals surface area contributed by atoms with Gasteiger partial charge in [0.15, 0.2) is 0 Å². The fraction of sp³-hybridized carbons (Fsp3) is 0.222. The Morgan fingerprint density at radius 2 is 2.17 bits per heavy atom. The molecule has 0 aliphatic carbocycles. The summed E-state index contributed by atoms with van der Waals surface area (Å²) < 4.78 is 0. The quantitative estimate of drug-likeness (QED) is 0.678. The molecule has 0 aliphatic rings. The lowest BCUT2D eigenvalue weighted by Gasteiger charge is -1.89. The van der Waals surface area contributed by atoms with Crippen molar-refractivity contribution in [1.82, 2.24) is 4.98 Å². The molecule has 0 amide bonds. The van der Waals surface area contributed by atoms with Crippen molar-refractivity contribution in [2.24, 2.45) is 0 Å². The number of rotatable bonds is 1. The molecule has 0 spiro atoms. The van der Waals surface area contributed by atoms with Crippen molar-refractivity contribution >= 4 is 22.7 Å². The van der Waals surface area contributed by atoms with Crippen molar-refractivity contribution in [2.75, 3.05) is 0 Å². The van der Waals surface area contributed by atoms with E-state index in [0.717, 1.165) is 10.7 Å². The van der Waals surface area contributed by atoms with Gasteiger partial charge < -0.3 is 0 Å². The summed E-state index contributed by atoms with van der Waals surface area (Å²) in [5.74, 6) is 0. The third-order valence-electron chi connectivity index (χ3n) is 1.65. The van der Waals surface area contributed by atoms with Crippen molar-refractivity contribution in [1.29, 1.82) is 0 Å². The zero-order valence-electron chi connectivity index (χ0n) is 7.00. The van der Waals surface area contributed by atoms with Gasteiger partial charge in [0, 0.05) is 4.88 Å². The van der Waals surface area contributed by atoms with Crippen LogP contribution in [0, 0.1) is 13.8 Å². The van der Waals surface area contributed by atoms with Crippen molar-refractivity contribution in [3.8, 4) is 9.75 Å². The van der Waals surface area contributed by atoms with E-state index in [2.05, 4.69) is 36.3 Å². The molecule has 1 nitrogen and oxygen atoms in total. The Hall–Kier alpha value is -0.670. The standard InChI is InChI=1S/C9H9NS2/c1-6-9(12-7(2)10-6)8-4-3-5-11-8/h3-5H,1-2H3. The summed E-state index contributed by atoms with van der Waals surface area (Å²) in [6.07, 6.45) is 0. The van der Waals surface area contributed by atoms with Crippen LogP contribution in [-0.2, 0) is 0 Å². The van der Waals surface area contributed by atoms with Crippen LogP contribution >= 0.6 is 22.7 Å². The second-order valence-electron chi connectivity index (χ2n) is 2.62. The molecule has 2 aromatic rings. The second-order valence-corrected chi connectivity index (χ2v) is 4.78. The van der Waals surface area contributed by atoms with Gasteiger partial charge in [-0.05, 0) is 25.3 Å². The zero-order chi connectivity index (χ0) is 8.55. The van der Waals surface area contributed by atoms with E-state index in [1.54, 1.807) is 22.7 Å². The Kier molecular flexibility index (Phi) is 1.98. The van der Waals surface area contributed by atoms with Crippen molar-refractivity contribution in [3.05, 3.63) is 28.2 Å². The van der Waals surface area contributed by atoms with Gasteiger partial charge in [-0.3, -0.25) is 0 Å². The molecule has 2 heterocycles. The molecule has 3 heteroatoms. The maximum absolute atomic E-state index is 4.39. The van der Waals surface area contributed by atoms with Crippen LogP contribution in [0.5, 0.6) is 0 Å². The van der Waals surface area contributed by atoms with Gasteiger partial charge in [-0.1, -0.05) is 6.07 Å². The first-order valence-electron chi connectivity index (χ1n) is 3.75. The van der Waals surface area contributed by atoms with Crippen molar-refractivity contribution in [3.63, 3.8) is 0 Å². The molecule has 0 N–H and O–H groups in total. The number of hydrogen-bond donors (Lipinski definition) is 0. The zero-order valence-corrected chi connectivity index (χ0v) is 8.63. The highest BCUT2D eigenvalue weighted by Gasteiger charge is 2.06. The van der Waals surface area contributed by atoms with E-state index in [0.29, 0.717) is 0 Å². The van der Waals surface area contributed by atoms with Gasteiger partial charge in [0.05, 0.1) is 15.6 Å². The number of hydrogen-bond acceptors (Lipinski definition) is 3. The smallest absolute Gasteiger partial charge is 0.0904 e. The van der Waals surface area contributed by atoms with Crippen molar-refractivity contribution in [2.45, 2.75) is 13.8 Å². The SMILES string of the molecule is Cc1nc(C)c(-c2cccs2)s1. The van der Waals surface area contributed by atoms with Gasteiger partial charge in [0.2, 0.25) is 0 Å². The van der Waals surface area contributed by atoms with Gasteiger partial charge in [0.1, 0.15) is 0 Å². The summed E-state index contributed by atoms with van der Waals surface area (Å²) in [5, 5.41) is 3.25. The number of thiophene rings is 1. The topological polar surface area (TPSA) is 12.9 Å². The molecule has 0 radical (unpaired) electrons. The minimum Gasteiger partial charge on any atom is -0.246 e. The lowest BCUT2D eigenvalue weighted by Crippen LogP contribution is -1.72. The predicted octanol–water partition coefficient (Wildman–Crippen LogP) is 3.49. The minimum atomic E-state index is 1.15. The third kappa shape index (κ3) is 1.30. The van der Waals surface area contributed by atoms with Gasteiger partial charge in [0.25, 0.3) is 0 Å². The Labute approximate surface area is 79.7 Å². The molecule has 0 fully saturated rings. The monoisotopic (exact) mass is 195 g/mol. The first-order valence-corrected chi connectivity index (χ1v) is 5.45. The summed E-state index contributed by atoms with van der Waals surface area (Å²) in [6.45, 7) is 4.12. The summed E-state index contributed by atoms with van der Waals surface area (Å²) >= 11 is 3.55. The number of aromatic nitrogens is 1. The fourth-order valence-electron chi connectivity index (χ4n) is 1.17. The van der Waals surface area contributed by atoms with E-state index in [-0.39, 0.29) is 0 Å². The molecule has 12 heavy (non-hydrogen) atoms. The first-order chi connectivity index (χ1) is 5.77. The molecule has 2 rings (SSSR count). The molecule has 62 valence electrons. The number of thiazole rings is 1. The number of nitrogens with zero attached hydrogens (tertiary/aromatic N) is 1. The Bertz CT molecular complexity index is 373. The Balaban J connectivity index is 2.54. The van der Waals surface area contributed by atoms with Crippen LogP contribution in [0.2, 0.25) is 0 Å². The first kappa shape index (κ1) is 7.95. The lowest BCUT2D eigenvalue weighted by molar-refractivity contribution is 1.20. The van der Waals surface area contributed by atoms with Crippen LogP contribution < -0.4 is 0 Å². The molecule has 0 bridgehead atoms. The molecule has 2 aromatic heterocycles.